The molecule has 5 heteroatoms. The summed E-state index contributed by atoms with van der Waals surface area (Å²) in [5.41, 5.74) is 2.76. The lowest BCUT2D eigenvalue weighted by Crippen LogP contribution is -2.12. The Bertz CT molecular complexity index is 1270. The SMILES string of the molecule is N#Cc1ccc(Oc2ccc(NC(=O)c3ccc(C(=O)c4ccccc4)cc3)cc2)cc1. The summed E-state index contributed by atoms with van der Waals surface area (Å²) >= 11 is 0. The molecular formula is C27H18N2O3. The molecule has 0 aliphatic carbocycles. The van der Waals surface area contributed by atoms with Crippen molar-refractivity contribution in [1.82, 2.24) is 0 Å². The number of nitrogens with one attached hydrogen (secondary N) is 1. The first kappa shape index (κ1) is 20.6. The van der Waals surface area contributed by atoms with Crippen LogP contribution < -0.4 is 10.1 Å². The van der Waals surface area contributed by atoms with E-state index in [1.54, 1.807) is 84.9 Å². The van der Waals surface area contributed by atoms with Crippen LogP contribution in [0.5, 0.6) is 11.5 Å². The van der Waals surface area contributed by atoms with E-state index in [2.05, 4.69) is 11.4 Å². The Morgan fingerprint density at radius 2 is 1.19 bits per heavy atom. The Morgan fingerprint density at radius 3 is 1.78 bits per heavy atom. The van der Waals surface area contributed by atoms with E-state index in [-0.39, 0.29) is 11.7 Å². The lowest BCUT2D eigenvalue weighted by Gasteiger charge is -2.09. The molecule has 0 saturated carbocycles. The van der Waals surface area contributed by atoms with Crippen molar-refractivity contribution in [1.29, 1.82) is 5.26 Å². The summed E-state index contributed by atoms with van der Waals surface area (Å²) in [6.07, 6.45) is 0. The van der Waals surface area contributed by atoms with Crippen LogP contribution in [0.2, 0.25) is 0 Å². The Kier molecular flexibility index (Phi) is 6.05. The lowest BCUT2D eigenvalue weighted by atomic mass is 10.0. The molecule has 4 aromatic rings. The highest BCUT2D eigenvalue weighted by Gasteiger charge is 2.11. The summed E-state index contributed by atoms with van der Waals surface area (Å²) < 4.78 is 5.74. The van der Waals surface area contributed by atoms with E-state index in [9.17, 15) is 9.59 Å². The number of hydrogen-bond donors (Lipinski definition) is 1. The van der Waals surface area contributed by atoms with E-state index in [0.717, 1.165) is 0 Å². The second-order valence-electron chi connectivity index (χ2n) is 6.99. The largest absolute Gasteiger partial charge is 0.457 e. The number of nitrogens with zero attached hydrogens (tertiary/aromatic N) is 1. The molecule has 0 heterocycles. The molecule has 4 rings (SSSR count). The number of carbonyl (C=O) groups is 2. The Morgan fingerprint density at radius 1 is 0.656 bits per heavy atom. The molecule has 0 radical (unpaired) electrons. The minimum absolute atomic E-state index is 0.0876. The van der Waals surface area contributed by atoms with Gasteiger partial charge in [-0.1, -0.05) is 42.5 Å². The number of rotatable bonds is 6. The third-order valence-corrected chi connectivity index (χ3v) is 4.78. The summed E-state index contributed by atoms with van der Waals surface area (Å²) in [7, 11) is 0. The van der Waals surface area contributed by atoms with Gasteiger partial charge in [0.05, 0.1) is 11.6 Å². The molecule has 0 unspecified atom stereocenters. The number of benzene rings is 4. The van der Waals surface area contributed by atoms with Gasteiger partial charge in [-0.3, -0.25) is 9.59 Å². The van der Waals surface area contributed by atoms with E-state index in [4.69, 9.17) is 10.00 Å². The van der Waals surface area contributed by atoms with Gasteiger partial charge in [0.2, 0.25) is 0 Å². The second-order valence-corrected chi connectivity index (χ2v) is 6.99. The van der Waals surface area contributed by atoms with Crippen molar-refractivity contribution in [3.8, 4) is 17.6 Å². The van der Waals surface area contributed by atoms with Crippen LogP contribution in [0.1, 0.15) is 31.8 Å². The second kappa shape index (κ2) is 9.41. The summed E-state index contributed by atoms with van der Waals surface area (Å²) in [6, 6.07) is 31.4. The molecule has 0 fully saturated rings. The molecule has 154 valence electrons. The lowest BCUT2D eigenvalue weighted by molar-refractivity contribution is 0.102. The molecule has 1 N–H and O–H groups in total. The molecule has 0 bridgehead atoms. The number of ether oxygens (including phenoxy) is 1. The fraction of sp³-hybridized carbons (Fsp3) is 0. The van der Waals surface area contributed by atoms with E-state index in [1.165, 1.54) is 0 Å². The van der Waals surface area contributed by atoms with Gasteiger partial charge < -0.3 is 10.1 Å². The molecule has 5 nitrogen and oxygen atoms in total. The van der Waals surface area contributed by atoms with E-state index >= 15 is 0 Å². The van der Waals surface area contributed by atoms with E-state index in [1.807, 2.05) is 18.2 Å². The van der Waals surface area contributed by atoms with Crippen LogP contribution in [-0.4, -0.2) is 11.7 Å². The molecule has 0 atom stereocenters. The molecule has 0 spiro atoms. The number of hydrogen-bond acceptors (Lipinski definition) is 4. The fourth-order valence-corrected chi connectivity index (χ4v) is 3.07. The van der Waals surface area contributed by atoms with Gasteiger partial charge in [0.15, 0.2) is 5.78 Å². The molecular weight excluding hydrogens is 400 g/mol. The third kappa shape index (κ3) is 4.89. The number of ketones is 1. The third-order valence-electron chi connectivity index (χ3n) is 4.78. The van der Waals surface area contributed by atoms with Crippen molar-refractivity contribution in [2.75, 3.05) is 5.32 Å². The molecule has 1 amide bonds. The maximum atomic E-state index is 12.5. The summed E-state index contributed by atoms with van der Waals surface area (Å²) in [4.78, 5) is 25.0. The molecule has 0 aliphatic heterocycles. The van der Waals surface area contributed by atoms with Gasteiger partial charge in [-0.05, 0) is 60.7 Å². The first-order valence-electron chi connectivity index (χ1n) is 9.91. The van der Waals surface area contributed by atoms with Crippen LogP contribution in [0.4, 0.5) is 5.69 Å². The highest BCUT2D eigenvalue weighted by molar-refractivity contribution is 6.10. The standard InChI is InChI=1S/C27H18N2O3/c28-18-19-6-14-24(15-7-19)32-25-16-12-23(13-17-25)29-27(31)22-10-8-21(9-11-22)26(30)20-4-2-1-3-5-20/h1-17H,(H,29,31). The summed E-state index contributed by atoms with van der Waals surface area (Å²) in [5.74, 6) is 0.863. The van der Waals surface area contributed by atoms with Crippen LogP contribution in [0.25, 0.3) is 0 Å². The monoisotopic (exact) mass is 418 g/mol. The zero-order valence-electron chi connectivity index (χ0n) is 17.0. The van der Waals surface area contributed by atoms with Crippen LogP contribution in [0, 0.1) is 11.3 Å². The molecule has 32 heavy (non-hydrogen) atoms. The van der Waals surface area contributed by atoms with Crippen molar-refractivity contribution in [2.45, 2.75) is 0 Å². The zero-order valence-corrected chi connectivity index (χ0v) is 17.0. The number of amides is 1. The smallest absolute Gasteiger partial charge is 0.255 e. The molecule has 0 aliphatic rings. The quantitative estimate of drug-likeness (QED) is 0.399. The van der Waals surface area contributed by atoms with Crippen molar-refractivity contribution in [3.05, 3.63) is 125 Å². The van der Waals surface area contributed by atoms with Crippen molar-refractivity contribution >= 4 is 17.4 Å². The van der Waals surface area contributed by atoms with Gasteiger partial charge in [0.25, 0.3) is 5.91 Å². The summed E-state index contributed by atoms with van der Waals surface area (Å²) in [6.45, 7) is 0. The van der Waals surface area contributed by atoms with Gasteiger partial charge in [0, 0.05) is 22.4 Å². The number of anilines is 1. The zero-order chi connectivity index (χ0) is 22.3. The predicted molar refractivity (Wildman–Crippen MR) is 122 cm³/mol. The molecule has 0 saturated heterocycles. The molecule has 0 aromatic heterocycles. The van der Waals surface area contributed by atoms with Crippen LogP contribution in [0.3, 0.4) is 0 Å². The number of nitriles is 1. The Balaban J connectivity index is 1.38. The maximum Gasteiger partial charge on any atom is 0.255 e. The minimum atomic E-state index is -0.274. The number of carbonyl (C=O) groups excluding carboxylic acids is 2. The Hall–Kier alpha value is -4.69. The van der Waals surface area contributed by atoms with Crippen LogP contribution >= 0.6 is 0 Å². The predicted octanol–water partition coefficient (Wildman–Crippen LogP) is 5.83. The minimum Gasteiger partial charge on any atom is -0.457 e. The van der Waals surface area contributed by atoms with Gasteiger partial charge in [-0.2, -0.15) is 5.26 Å². The first-order valence-corrected chi connectivity index (χ1v) is 9.91. The van der Waals surface area contributed by atoms with Gasteiger partial charge in [-0.15, -0.1) is 0 Å². The van der Waals surface area contributed by atoms with Crippen LogP contribution in [0.15, 0.2) is 103 Å². The van der Waals surface area contributed by atoms with E-state index < -0.39 is 0 Å². The van der Waals surface area contributed by atoms with Crippen molar-refractivity contribution < 1.29 is 14.3 Å². The highest BCUT2D eigenvalue weighted by Crippen LogP contribution is 2.23. The van der Waals surface area contributed by atoms with Crippen molar-refractivity contribution in [2.24, 2.45) is 0 Å². The van der Waals surface area contributed by atoms with Gasteiger partial charge in [0.1, 0.15) is 11.5 Å². The normalized spacial score (nSPS) is 10.1. The average Bonchev–Trinajstić information content (AvgIpc) is 2.86. The fourth-order valence-electron chi connectivity index (χ4n) is 3.07. The Labute approximate surface area is 185 Å². The molecule has 4 aromatic carbocycles. The maximum absolute atomic E-state index is 12.5. The topological polar surface area (TPSA) is 79.2 Å². The van der Waals surface area contributed by atoms with E-state index in [0.29, 0.717) is 39.4 Å². The average molecular weight is 418 g/mol. The highest BCUT2D eigenvalue weighted by atomic mass is 16.5. The summed E-state index contributed by atoms with van der Waals surface area (Å²) in [5, 5.41) is 11.7. The van der Waals surface area contributed by atoms with Gasteiger partial charge >= 0.3 is 0 Å². The van der Waals surface area contributed by atoms with Crippen LogP contribution in [-0.2, 0) is 0 Å². The first-order chi connectivity index (χ1) is 15.6. The van der Waals surface area contributed by atoms with Gasteiger partial charge in [-0.25, -0.2) is 0 Å². The van der Waals surface area contributed by atoms with Crippen molar-refractivity contribution in [3.63, 3.8) is 0 Å².